The Kier molecular flexibility index (Phi) is 2.69. The van der Waals surface area contributed by atoms with E-state index in [-0.39, 0.29) is 6.61 Å². The van der Waals surface area contributed by atoms with E-state index < -0.39 is 0 Å². The third-order valence-electron chi connectivity index (χ3n) is 3.77. The molecular weight excluding hydrogens is 204 g/mol. The van der Waals surface area contributed by atoms with Crippen LogP contribution in [0.3, 0.4) is 0 Å². The molecule has 88 valence electrons. The van der Waals surface area contributed by atoms with Crippen LogP contribution in [0.4, 0.5) is 0 Å². The van der Waals surface area contributed by atoms with Crippen LogP contribution in [0.15, 0.2) is 6.20 Å². The fourth-order valence-corrected chi connectivity index (χ4v) is 2.75. The first-order valence-electron chi connectivity index (χ1n) is 6.11. The smallest absolute Gasteiger partial charge is 0.114 e. The van der Waals surface area contributed by atoms with Crippen molar-refractivity contribution in [1.29, 1.82) is 0 Å². The fraction of sp³-hybridized carbons (Fsp3) is 0.750. The van der Waals surface area contributed by atoms with Gasteiger partial charge in [-0.1, -0.05) is 0 Å². The molecule has 0 amide bonds. The highest BCUT2D eigenvalue weighted by atomic mass is 16.5. The number of ether oxygens (including phenoxy) is 1. The maximum absolute atomic E-state index is 9.25. The molecule has 0 saturated carbocycles. The zero-order chi connectivity index (χ0) is 11.0. The molecule has 0 bridgehead atoms. The molecule has 2 atom stereocenters. The molecule has 0 aliphatic carbocycles. The minimum atomic E-state index is 0.290. The van der Waals surface area contributed by atoms with Gasteiger partial charge in [-0.25, -0.2) is 4.98 Å². The average Bonchev–Trinajstić information content (AvgIpc) is 2.96. The van der Waals surface area contributed by atoms with Gasteiger partial charge in [0.1, 0.15) is 5.82 Å². The Morgan fingerprint density at radius 2 is 2.44 bits per heavy atom. The Labute approximate surface area is 95.3 Å². The molecule has 3 heterocycles. The van der Waals surface area contributed by atoms with Crippen LogP contribution in [0.5, 0.6) is 0 Å². The minimum absolute atomic E-state index is 0.290. The van der Waals surface area contributed by atoms with E-state index in [1.54, 1.807) is 0 Å². The molecule has 1 aromatic heterocycles. The number of aliphatic hydroxyl groups excluding tert-OH is 1. The maximum atomic E-state index is 9.25. The van der Waals surface area contributed by atoms with Crippen LogP contribution in [0.1, 0.15) is 30.3 Å². The fourth-order valence-electron chi connectivity index (χ4n) is 2.75. The summed E-state index contributed by atoms with van der Waals surface area (Å²) >= 11 is 0. The van der Waals surface area contributed by atoms with E-state index >= 15 is 0 Å². The molecule has 1 N–H and O–H groups in total. The van der Waals surface area contributed by atoms with Crippen LogP contribution >= 0.6 is 0 Å². The number of nitrogens with zero attached hydrogens (tertiary/aromatic N) is 2. The monoisotopic (exact) mass is 222 g/mol. The lowest BCUT2D eigenvalue weighted by molar-refractivity contribution is 0.184. The molecule has 3 rings (SSSR count). The van der Waals surface area contributed by atoms with Crippen molar-refractivity contribution in [2.75, 3.05) is 19.8 Å². The Balaban J connectivity index is 1.87. The molecule has 4 nitrogen and oxygen atoms in total. The number of hydrogen-bond donors (Lipinski definition) is 1. The number of hydrogen-bond acceptors (Lipinski definition) is 3. The van der Waals surface area contributed by atoms with E-state index in [1.165, 1.54) is 11.5 Å². The van der Waals surface area contributed by atoms with Gasteiger partial charge in [-0.15, -0.1) is 0 Å². The summed E-state index contributed by atoms with van der Waals surface area (Å²) < 4.78 is 7.73. The first kappa shape index (κ1) is 10.3. The van der Waals surface area contributed by atoms with E-state index in [0.29, 0.717) is 11.8 Å². The first-order valence-corrected chi connectivity index (χ1v) is 6.11. The SMILES string of the molecule is OCC1CCc2cnc(C3CCOC3)n2C1. The van der Waals surface area contributed by atoms with Gasteiger partial charge < -0.3 is 14.4 Å². The second-order valence-electron chi connectivity index (χ2n) is 4.87. The second-order valence-corrected chi connectivity index (χ2v) is 4.87. The molecule has 2 aliphatic rings. The van der Waals surface area contributed by atoms with Crippen LogP contribution in [0, 0.1) is 5.92 Å². The van der Waals surface area contributed by atoms with E-state index in [2.05, 4.69) is 9.55 Å². The lowest BCUT2D eigenvalue weighted by Crippen LogP contribution is -2.24. The van der Waals surface area contributed by atoms with Crippen molar-refractivity contribution in [3.05, 3.63) is 17.7 Å². The summed E-state index contributed by atoms with van der Waals surface area (Å²) in [7, 11) is 0. The number of aryl methyl sites for hydroxylation is 1. The predicted molar refractivity (Wildman–Crippen MR) is 59.3 cm³/mol. The van der Waals surface area contributed by atoms with Gasteiger partial charge in [0.05, 0.1) is 6.61 Å². The molecule has 16 heavy (non-hydrogen) atoms. The number of aromatic nitrogens is 2. The molecule has 2 aliphatic heterocycles. The van der Waals surface area contributed by atoms with Crippen LogP contribution in [-0.2, 0) is 17.7 Å². The Morgan fingerprint density at radius 3 is 3.19 bits per heavy atom. The highest BCUT2D eigenvalue weighted by Crippen LogP contribution is 2.29. The summed E-state index contributed by atoms with van der Waals surface area (Å²) in [5, 5.41) is 9.25. The van der Waals surface area contributed by atoms with Gasteiger partial charge in [-0.05, 0) is 19.3 Å². The van der Waals surface area contributed by atoms with Crippen molar-refractivity contribution in [3.8, 4) is 0 Å². The van der Waals surface area contributed by atoms with Crippen molar-refractivity contribution in [2.45, 2.75) is 31.7 Å². The normalized spacial score (nSPS) is 29.3. The van der Waals surface area contributed by atoms with Gasteiger partial charge >= 0.3 is 0 Å². The van der Waals surface area contributed by atoms with Crippen LogP contribution < -0.4 is 0 Å². The van der Waals surface area contributed by atoms with Crippen LogP contribution in [0.25, 0.3) is 0 Å². The van der Waals surface area contributed by atoms with Gasteiger partial charge in [-0.3, -0.25) is 0 Å². The number of imidazole rings is 1. The predicted octanol–water partition coefficient (Wildman–Crippen LogP) is 0.942. The quantitative estimate of drug-likeness (QED) is 0.810. The molecule has 1 saturated heterocycles. The highest BCUT2D eigenvalue weighted by Gasteiger charge is 2.27. The highest BCUT2D eigenvalue weighted by molar-refractivity contribution is 5.13. The van der Waals surface area contributed by atoms with Crippen molar-refractivity contribution in [1.82, 2.24) is 9.55 Å². The largest absolute Gasteiger partial charge is 0.396 e. The molecule has 0 aromatic carbocycles. The molecule has 1 fully saturated rings. The van der Waals surface area contributed by atoms with Gasteiger partial charge in [0, 0.05) is 43.5 Å². The van der Waals surface area contributed by atoms with Crippen molar-refractivity contribution < 1.29 is 9.84 Å². The van der Waals surface area contributed by atoms with Crippen molar-refractivity contribution in [3.63, 3.8) is 0 Å². The molecule has 1 aromatic rings. The zero-order valence-electron chi connectivity index (χ0n) is 9.43. The molecule has 0 spiro atoms. The van der Waals surface area contributed by atoms with E-state index in [1.807, 2.05) is 6.20 Å². The lowest BCUT2D eigenvalue weighted by atomic mass is 9.98. The average molecular weight is 222 g/mol. The molecule has 4 heteroatoms. The molecule has 0 radical (unpaired) electrons. The summed E-state index contributed by atoms with van der Waals surface area (Å²) in [5.74, 6) is 2.04. The van der Waals surface area contributed by atoms with Crippen molar-refractivity contribution in [2.24, 2.45) is 5.92 Å². The van der Waals surface area contributed by atoms with Gasteiger partial charge in [-0.2, -0.15) is 0 Å². The minimum Gasteiger partial charge on any atom is -0.396 e. The van der Waals surface area contributed by atoms with Gasteiger partial charge in [0.2, 0.25) is 0 Å². The lowest BCUT2D eigenvalue weighted by Gasteiger charge is -2.25. The van der Waals surface area contributed by atoms with Gasteiger partial charge in [0.25, 0.3) is 0 Å². The Hall–Kier alpha value is -0.870. The van der Waals surface area contributed by atoms with E-state index in [0.717, 1.165) is 39.0 Å². The van der Waals surface area contributed by atoms with Crippen molar-refractivity contribution >= 4 is 0 Å². The van der Waals surface area contributed by atoms with Crippen LogP contribution in [0.2, 0.25) is 0 Å². The summed E-state index contributed by atoms with van der Waals surface area (Å²) in [6, 6.07) is 0. The molecular formula is C12H18N2O2. The summed E-state index contributed by atoms with van der Waals surface area (Å²) in [4.78, 5) is 4.55. The van der Waals surface area contributed by atoms with E-state index in [9.17, 15) is 5.11 Å². The maximum Gasteiger partial charge on any atom is 0.114 e. The van der Waals surface area contributed by atoms with E-state index in [4.69, 9.17) is 4.74 Å². The Bertz CT molecular complexity index is 369. The summed E-state index contributed by atoms with van der Waals surface area (Å²) in [6.45, 7) is 2.88. The summed E-state index contributed by atoms with van der Waals surface area (Å²) in [6.07, 6.45) is 5.22. The summed E-state index contributed by atoms with van der Waals surface area (Å²) in [5.41, 5.74) is 1.33. The molecule has 2 unspecified atom stereocenters. The first-order chi connectivity index (χ1) is 7.88. The second kappa shape index (κ2) is 4.18. The standard InChI is InChI=1S/C12H18N2O2/c15-7-9-1-2-11-5-13-12(14(11)6-9)10-3-4-16-8-10/h5,9-10,15H,1-4,6-8H2. The zero-order valence-corrected chi connectivity index (χ0v) is 9.43. The topological polar surface area (TPSA) is 47.3 Å². The number of aliphatic hydroxyl groups is 1. The third-order valence-corrected chi connectivity index (χ3v) is 3.77. The third kappa shape index (κ3) is 1.66. The van der Waals surface area contributed by atoms with Crippen LogP contribution in [-0.4, -0.2) is 34.5 Å². The number of fused-ring (bicyclic) bond motifs is 1. The number of rotatable bonds is 2. The van der Waals surface area contributed by atoms with Gasteiger partial charge in [0.15, 0.2) is 0 Å². The Morgan fingerprint density at radius 1 is 1.50 bits per heavy atom.